The van der Waals surface area contributed by atoms with E-state index < -0.39 is 0 Å². The number of imide groups is 1. The molecule has 3 aliphatic heterocycles. The van der Waals surface area contributed by atoms with Gasteiger partial charge in [-0.05, 0) is 57.0 Å². The molecule has 1 atom stereocenters. The summed E-state index contributed by atoms with van der Waals surface area (Å²) in [5.41, 5.74) is 1.10. The van der Waals surface area contributed by atoms with E-state index in [1.54, 1.807) is 18.2 Å². The summed E-state index contributed by atoms with van der Waals surface area (Å²) in [6.07, 6.45) is 3.51. The van der Waals surface area contributed by atoms with Gasteiger partial charge in [-0.1, -0.05) is 0 Å². The number of benzene rings is 1. The van der Waals surface area contributed by atoms with Crippen molar-refractivity contribution in [2.45, 2.75) is 37.8 Å². The summed E-state index contributed by atoms with van der Waals surface area (Å²) >= 11 is 0. The lowest BCUT2D eigenvalue weighted by atomic mass is 10.0. The van der Waals surface area contributed by atoms with Crippen molar-refractivity contribution >= 4 is 17.7 Å². The SMILES string of the molecule is O=C(NC1CCNCC1)c1ccc2c(c1)C(=O)N(CC1CCCO1)C2=O. The van der Waals surface area contributed by atoms with Gasteiger partial charge in [0.1, 0.15) is 0 Å². The molecule has 2 N–H and O–H groups in total. The van der Waals surface area contributed by atoms with Crippen LogP contribution >= 0.6 is 0 Å². The van der Waals surface area contributed by atoms with E-state index in [2.05, 4.69) is 10.6 Å². The molecule has 0 aromatic heterocycles. The van der Waals surface area contributed by atoms with Crippen LogP contribution in [0, 0.1) is 0 Å². The van der Waals surface area contributed by atoms with E-state index in [1.807, 2.05) is 0 Å². The van der Waals surface area contributed by atoms with Crippen LogP contribution in [0.1, 0.15) is 56.8 Å². The zero-order chi connectivity index (χ0) is 18.1. The number of piperidine rings is 1. The molecule has 1 unspecified atom stereocenters. The molecule has 1 aromatic carbocycles. The van der Waals surface area contributed by atoms with Gasteiger partial charge in [-0.15, -0.1) is 0 Å². The number of nitrogens with one attached hydrogen (secondary N) is 2. The highest BCUT2D eigenvalue weighted by Crippen LogP contribution is 2.26. The fourth-order valence-electron chi connectivity index (χ4n) is 3.82. The van der Waals surface area contributed by atoms with Crippen LogP contribution in [0.25, 0.3) is 0 Å². The van der Waals surface area contributed by atoms with E-state index in [0.717, 1.165) is 38.8 Å². The van der Waals surface area contributed by atoms with Crippen molar-refractivity contribution < 1.29 is 19.1 Å². The maximum atomic E-state index is 12.7. The van der Waals surface area contributed by atoms with Crippen LogP contribution in [0.15, 0.2) is 18.2 Å². The van der Waals surface area contributed by atoms with E-state index in [4.69, 9.17) is 4.74 Å². The van der Waals surface area contributed by atoms with E-state index in [-0.39, 0.29) is 36.4 Å². The minimum atomic E-state index is -0.336. The Balaban J connectivity index is 1.48. The normalized spacial score (nSPS) is 23.4. The molecule has 2 saturated heterocycles. The summed E-state index contributed by atoms with van der Waals surface area (Å²) in [4.78, 5) is 38.9. The summed E-state index contributed by atoms with van der Waals surface area (Å²) < 4.78 is 5.54. The van der Waals surface area contributed by atoms with E-state index in [1.165, 1.54) is 4.90 Å². The molecule has 3 aliphatic rings. The molecule has 0 saturated carbocycles. The van der Waals surface area contributed by atoms with Gasteiger partial charge < -0.3 is 15.4 Å². The quantitative estimate of drug-likeness (QED) is 0.783. The number of amides is 3. The molecule has 4 rings (SSSR count). The summed E-state index contributed by atoms with van der Waals surface area (Å²) in [5, 5.41) is 6.27. The van der Waals surface area contributed by atoms with E-state index >= 15 is 0 Å². The average molecular weight is 357 g/mol. The topological polar surface area (TPSA) is 87.7 Å². The van der Waals surface area contributed by atoms with Crippen molar-refractivity contribution in [3.8, 4) is 0 Å². The third kappa shape index (κ3) is 3.24. The van der Waals surface area contributed by atoms with Gasteiger partial charge in [0.15, 0.2) is 0 Å². The van der Waals surface area contributed by atoms with Gasteiger partial charge in [0.2, 0.25) is 0 Å². The van der Waals surface area contributed by atoms with Crippen molar-refractivity contribution in [2.24, 2.45) is 0 Å². The second-order valence-corrected chi connectivity index (χ2v) is 7.11. The molecular weight excluding hydrogens is 334 g/mol. The standard InChI is InChI=1S/C19H23N3O4/c23-17(21-13-5-7-20-8-6-13)12-3-4-15-16(10-12)19(25)22(18(15)24)11-14-2-1-9-26-14/h3-4,10,13-14,20H,1-2,5-9,11H2,(H,21,23). The van der Waals surface area contributed by atoms with E-state index in [0.29, 0.717) is 23.3 Å². The molecule has 138 valence electrons. The van der Waals surface area contributed by atoms with Crippen molar-refractivity contribution in [3.05, 3.63) is 34.9 Å². The maximum Gasteiger partial charge on any atom is 0.261 e. The highest BCUT2D eigenvalue weighted by atomic mass is 16.5. The number of nitrogens with zero attached hydrogens (tertiary/aromatic N) is 1. The van der Waals surface area contributed by atoms with Crippen molar-refractivity contribution in [1.82, 2.24) is 15.5 Å². The van der Waals surface area contributed by atoms with Crippen LogP contribution in [0.3, 0.4) is 0 Å². The molecular formula is C19H23N3O4. The summed E-state index contributed by atoms with van der Waals surface area (Å²) in [7, 11) is 0. The van der Waals surface area contributed by atoms with Crippen LogP contribution in [-0.2, 0) is 4.74 Å². The van der Waals surface area contributed by atoms with Crippen LogP contribution in [0.4, 0.5) is 0 Å². The maximum absolute atomic E-state index is 12.7. The Morgan fingerprint density at radius 3 is 2.65 bits per heavy atom. The van der Waals surface area contributed by atoms with Gasteiger partial charge in [-0.2, -0.15) is 0 Å². The minimum Gasteiger partial charge on any atom is -0.376 e. The number of ether oxygens (including phenoxy) is 1. The number of hydrogen-bond acceptors (Lipinski definition) is 5. The zero-order valence-electron chi connectivity index (χ0n) is 14.6. The second-order valence-electron chi connectivity index (χ2n) is 7.11. The van der Waals surface area contributed by atoms with Crippen molar-refractivity contribution in [2.75, 3.05) is 26.2 Å². The predicted octanol–water partition coefficient (Wildman–Crippen LogP) is 0.943. The van der Waals surface area contributed by atoms with E-state index in [9.17, 15) is 14.4 Å². The third-order valence-electron chi connectivity index (χ3n) is 5.32. The Morgan fingerprint density at radius 2 is 1.92 bits per heavy atom. The molecule has 1 aromatic rings. The Bertz CT molecular complexity index is 736. The first-order valence-electron chi connectivity index (χ1n) is 9.27. The first-order valence-corrected chi connectivity index (χ1v) is 9.27. The van der Waals surface area contributed by atoms with Gasteiger partial charge >= 0.3 is 0 Å². The highest BCUT2D eigenvalue weighted by molar-refractivity contribution is 6.22. The largest absolute Gasteiger partial charge is 0.376 e. The summed E-state index contributed by atoms with van der Waals surface area (Å²) in [5.74, 6) is -0.833. The Hall–Kier alpha value is -2.25. The summed E-state index contributed by atoms with van der Waals surface area (Å²) in [6, 6.07) is 4.89. The van der Waals surface area contributed by atoms with Crippen molar-refractivity contribution in [1.29, 1.82) is 0 Å². The lowest BCUT2D eigenvalue weighted by Gasteiger charge is -2.23. The van der Waals surface area contributed by atoms with Gasteiger partial charge in [0, 0.05) is 18.2 Å². The number of fused-ring (bicyclic) bond motifs is 1. The smallest absolute Gasteiger partial charge is 0.261 e. The number of hydrogen-bond donors (Lipinski definition) is 2. The van der Waals surface area contributed by atoms with Crippen LogP contribution < -0.4 is 10.6 Å². The Labute approximate surface area is 152 Å². The third-order valence-corrected chi connectivity index (χ3v) is 5.32. The van der Waals surface area contributed by atoms with Gasteiger partial charge in [0.25, 0.3) is 17.7 Å². The molecule has 0 spiro atoms. The molecule has 7 nitrogen and oxygen atoms in total. The highest BCUT2D eigenvalue weighted by Gasteiger charge is 2.38. The van der Waals surface area contributed by atoms with Crippen molar-refractivity contribution in [3.63, 3.8) is 0 Å². The zero-order valence-corrected chi connectivity index (χ0v) is 14.6. The van der Waals surface area contributed by atoms with Crippen LogP contribution in [-0.4, -0.2) is 61.0 Å². The van der Waals surface area contributed by atoms with Gasteiger partial charge in [-0.3, -0.25) is 19.3 Å². The molecule has 7 heteroatoms. The fourth-order valence-corrected chi connectivity index (χ4v) is 3.82. The first-order chi connectivity index (χ1) is 12.6. The average Bonchev–Trinajstić information content (AvgIpc) is 3.25. The lowest BCUT2D eigenvalue weighted by Crippen LogP contribution is -2.42. The minimum absolute atomic E-state index is 0.0834. The Kier molecular flexibility index (Phi) is 4.74. The second kappa shape index (κ2) is 7.17. The fraction of sp³-hybridized carbons (Fsp3) is 0.526. The monoisotopic (exact) mass is 357 g/mol. The molecule has 3 heterocycles. The first kappa shape index (κ1) is 17.2. The lowest BCUT2D eigenvalue weighted by molar-refractivity contribution is 0.0475. The van der Waals surface area contributed by atoms with Crippen LogP contribution in [0.5, 0.6) is 0 Å². The molecule has 3 amide bonds. The predicted molar refractivity (Wildman–Crippen MR) is 94.1 cm³/mol. The van der Waals surface area contributed by atoms with Gasteiger partial charge in [0.05, 0.1) is 23.8 Å². The Morgan fingerprint density at radius 1 is 1.15 bits per heavy atom. The molecule has 2 fully saturated rings. The van der Waals surface area contributed by atoms with Crippen LogP contribution in [0.2, 0.25) is 0 Å². The van der Waals surface area contributed by atoms with Gasteiger partial charge in [-0.25, -0.2) is 0 Å². The number of carbonyl (C=O) groups excluding carboxylic acids is 3. The summed E-state index contributed by atoms with van der Waals surface area (Å²) in [6.45, 7) is 2.73. The molecule has 0 radical (unpaired) electrons. The molecule has 0 aliphatic carbocycles. The number of rotatable bonds is 4. The number of carbonyl (C=O) groups is 3. The molecule has 26 heavy (non-hydrogen) atoms. The molecule has 0 bridgehead atoms.